The van der Waals surface area contributed by atoms with E-state index >= 15 is 0 Å². The van der Waals surface area contributed by atoms with Gasteiger partial charge in [-0.05, 0) is 13.3 Å². The Morgan fingerprint density at radius 1 is 0.960 bits per heavy atom. The van der Waals surface area contributed by atoms with Crippen molar-refractivity contribution in [2.75, 3.05) is 26.2 Å². The molecule has 0 saturated carbocycles. The zero-order valence-electron chi connectivity index (χ0n) is 15.5. The molecule has 0 aromatic carbocycles. The number of carbonyl (C=O) groups excluding carboxylic acids is 1. The van der Waals surface area contributed by atoms with E-state index in [0.29, 0.717) is 26.1 Å². The van der Waals surface area contributed by atoms with Gasteiger partial charge in [0.25, 0.3) is 0 Å². The van der Waals surface area contributed by atoms with E-state index in [-0.39, 0.29) is 42.0 Å². The molecular weight excluding hydrogens is 331 g/mol. The van der Waals surface area contributed by atoms with Crippen LogP contribution in [-0.4, -0.2) is 77.8 Å². The summed E-state index contributed by atoms with van der Waals surface area (Å²) in [5.41, 5.74) is 0. The predicted molar refractivity (Wildman–Crippen MR) is 103 cm³/mol. The molecule has 7 heteroatoms. The van der Waals surface area contributed by atoms with Crippen LogP contribution in [0.4, 0.5) is 0 Å². The standard InChI is InChI=1S/C18H36N2O4.Na.H/c1-3-5-6-7-8-9-10-11-12-13-17(21)20(24-4-2)15-14-19-16-18(22)23;;/h19H,3-16H2,1-2H3,(H,22,23);;. The summed E-state index contributed by atoms with van der Waals surface area (Å²) in [5.74, 6) is -0.920. The van der Waals surface area contributed by atoms with Gasteiger partial charge in [0, 0.05) is 13.0 Å². The first-order chi connectivity index (χ1) is 11.6. The van der Waals surface area contributed by atoms with Crippen LogP contribution in [0.3, 0.4) is 0 Å². The van der Waals surface area contributed by atoms with E-state index in [1.54, 1.807) is 0 Å². The summed E-state index contributed by atoms with van der Waals surface area (Å²) in [6.07, 6.45) is 11.5. The zero-order valence-corrected chi connectivity index (χ0v) is 15.5. The van der Waals surface area contributed by atoms with Crippen molar-refractivity contribution in [2.24, 2.45) is 0 Å². The number of nitrogens with zero attached hydrogens (tertiary/aromatic N) is 1. The summed E-state index contributed by atoms with van der Waals surface area (Å²) in [6.45, 7) is 5.18. The molecule has 0 saturated heterocycles. The second kappa shape index (κ2) is 20.2. The zero-order chi connectivity index (χ0) is 18.0. The third-order valence-corrected chi connectivity index (χ3v) is 3.83. The van der Waals surface area contributed by atoms with Crippen molar-refractivity contribution >= 4 is 41.4 Å². The molecule has 0 fully saturated rings. The number of hydrogen-bond donors (Lipinski definition) is 2. The summed E-state index contributed by atoms with van der Waals surface area (Å²) < 4.78 is 0. The molecule has 6 nitrogen and oxygen atoms in total. The molecule has 0 spiro atoms. The summed E-state index contributed by atoms with van der Waals surface area (Å²) in [5, 5.41) is 12.7. The van der Waals surface area contributed by atoms with Crippen LogP contribution in [0, 0.1) is 0 Å². The Balaban J connectivity index is 0. The van der Waals surface area contributed by atoms with Gasteiger partial charge in [-0.2, -0.15) is 0 Å². The number of aliphatic carboxylic acids is 1. The number of hydrogen-bond acceptors (Lipinski definition) is 4. The first-order valence-corrected chi connectivity index (χ1v) is 9.47. The fraction of sp³-hybridized carbons (Fsp3) is 0.889. The first kappa shape index (κ1) is 27.1. The van der Waals surface area contributed by atoms with Crippen LogP contribution in [0.2, 0.25) is 0 Å². The number of unbranched alkanes of at least 4 members (excludes halogenated alkanes) is 8. The van der Waals surface area contributed by atoms with Crippen molar-refractivity contribution in [1.82, 2.24) is 10.4 Å². The van der Waals surface area contributed by atoms with E-state index < -0.39 is 5.97 Å². The van der Waals surface area contributed by atoms with E-state index in [1.807, 2.05) is 6.92 Å². The van der Waals surface area contributed by atoms with Crippen molar-refractivity contribution in [1.29, 1.82) is 0 Å². The molecule has 25 heavy (non-hydrogen) atoms. The van der Waals surface area contributed by atoms with Crippen LogP contribution in [0.25, 0.3) is 0 Å². The van der Waals surface area contributed by atoms with Gasteiger partial charge in [0.2, 0.25) is 5.91 Å². The summed E-state index contributed by atoms with van der Waals surface area (Å²) in [4.78, 5) is 27.9. The van der Waals surface area contributed by atoms with Gasteiger partial charge < -0.3 is 10.4 Å². The summed E-state index contributed by atoms with van der Waals surface area (Å²) >= 11 is 0. The SMILES string of the molecule is CCCCCCCCCCCC(=O)N(CCNCC(=O)O)OCC.[NaH]. The Hall–Kier alpha value is -0.140. The minimum absolute atomic E-state index is 0. The molecule has 0 aliphatic rings. The van der Waals surface area contributed by atoms with Gasteiger partial charge in [-0.1, -0.05) is 58.3 Å². The van der Waals surface area contributed by atoms with Gasteiger partial charge in [-0.15, -0.1) is 0 Å². The van der Waals surface area contributed by atoms with Gasteiger partial charge in [-0.25, -0.2) is 5.06 Å². The van der Waals surface area contributed by atoms with E-state index in [4.69, 9.17) is 9.94 Å². The number of rotatable bonds is 17. The van der Waals surface area contributed by atoms with Gasteiger partial charge >= 0.3 is 35.5 Å². The molecule has 1 amide bonds. The van der Waals surface area contributed by atoms with Crippen LogP contribution in [0.15, 0.2) is 0 Å². The van der Waals surface area contributed by atoms with Gasteiger partial charge in [0.15, 0.2) is 0 Å². The predicted octanol–water partition coefficient (Wildman–Crippen LogP) is 2.71. The second-order valence-electron chi connectivity index (χ2n) is 6.06. The number of carboxylic acids is 1. The van der Waals surface area contributed by atoms with Crippen molar-refractivity contribution in [3.05, 3.63) is 0 Å². The average Bonchev–Trinajstić information content (AvgIpc) is 2.55. The van der Waals surface area contributed by atoms with Gasteiger partial charge in [0.05, 0.1) is 19.7 Å². The number of hydroxylamine groups is 2. The van der Waals surface area contributed by atoms with Crippen molar-refractivity contribution in [2.45, 2.75) is 78.1 Å². The second-order valence-corrected chi connectivity index (χ2v) is 6.06. The third-order valence-electron chi connectivity index (χ3n) is 3.83. The topological polar surface area (TPSA) is 78.9 Å². The van der Waals surface area contributed by atoms with Crippen LogP contribution in [-0.2, 0) is 14.4 Å². The third kappa shape index (κ3) is 18.4. The minimum atomic E-state index is -0.904. The van der Waals surface area contributed by atoms with E-state index in [9.17, 15) is 9.59 Å². The Kier molecular flexibility index (Phi) is 21.9. The Labute approximate surface area is 175 Å². The molecule has 0 aromatic rings. The molecule has 0 aliphatic heterocycles. The maximum absolute atomic E-state index is 12.1. The molecule has 144 valence electrons. The normalized spacial score (nSPS) is 10.3. The first-order valence-electron chi connectivity index (χ1n) is 9.47. The molecule has 0 aliphatic carbocycles. The van der Waals surface area contributed by atoms with Crippen molar-refractivity contribution in [3.8, 4) is 0 Å². The van der Waals surface area contributed by atoms with E-state index in [1.165, 1.54) is 50.0 Å². The summed E-state index contributed by atoms with van der Waals surface area (Å²) in [7, 11) is 0. The van der Waals surface area contributed by atoms with Crippen LogP contribution in [0.1, 0.15) is 78.1 Å². The number of carboxylic acid groups (broad SMARTS) is 1. The monoisotopic (exact) mass is 368 g/mol. The number of carbonyl (C=O) groups is 2. The molecule has 0 unspecified atom stereocenters. The van der Waals surface area contributed by atoms with Crippen molar-refractivity contribution < 1.29 is 19.5 Å². The van der Waals surface area contributed by atoms with Crippen LogP contribution < -0.4 is 5.32 Å². The fourth-order valence-corrected chi connectivity index (χ4v) is 2.50. The van der Waals surface area contributed by atoms with Crippen molar-refractivity contribution in [3.63, 3.8) is 0 Å². The van der Waals surface area contributed by atoms with E-state index in [0.717, 1.165) is 12.8 Å². The Morgan fingerprint density at radius 2 is 1.52 bits per heavy atom. The Bertz CT molecular complexity index is 330. The molecule has 0 radical (unpaired) electrons. The molecule has 0 aromatic heterocycles. The van der Waals surface area contributed by atoms with Gasteiger partial charge in [0.1, 0.15) is 0 Å². The quantitative estimate of drug-likeness (QED) is 0.234. The molecule has 2 N–H and O–H groups in total. The fourth-order valence-electron chi connectivity index (χ4n) is 2.50. The molecular formula is C18H37N2NaO4. The van der Waals surface area contributed by atoms with Gasteiger partial charge in [-0.3, -0.25) is 14.4 Å². The Morgan fingerprint density at radius 3 is 2.04 bits per heavy atom. The average molecular weight is 368 g/mol. The molecule has 0 bridgehead atoms. The van der Waals surface area contributed by atoms with Crippen LogP contribution in [0.5, 0.6) is 0 Å². The molecule has 0 rings (SSSR count). The molecule has 0 atom stereocenters. The number of amides is 1. The van der Waals surface area contributed by atoms with E-state index in [2.05, 4.69) is 12.2 Å². The molecule has 0 heterocycles. The summed E-state index contributed by atoms with van der Waals surface area (Å²) in [6, 6.07) is 0. The number of nitrogens with one attached hydrogen (secondary N) is 1. The maximum atomic E-state index is 12.1. The van der Waals surface area contributed by atoms with Crippen LogP contribution >= 0.6 is 0 Å².